The standard InChI is InChI=1S/C30H30ClN7O3/c1-18-8-11-41-27(18)29(40)38-9-6-19(7-10-38)13-26(39)36-25-5-4-22-14-21(25)3-2-20-12-23(16-32-15-20)35-30-33-17-24(31)28(34-22)37-30/h4-5,8,11-12,14-17,19H,2-3,6-7,9-10,13H2,1H3,(H,36,39)(H2,33,34,35,37). The third-order valence-electron chi connectivity index (χ3n) is 7.55. The lowest BCUT2D eigenvalue weighted by Gasteiger charge is -2.31. The second-order valence-corrected chi connectivity index (χ2v) is 10.9. The van der Waals surface area contributed by atoms with E-state index in [9.17, 15) is 9.59 Å². The van der Waals surface area contributed by atoms with Crippen LogP contribution in [0.1, 0.15) is 46.5 Å². The summed E-state index contributed by atoms with van der Waals surface area (Å²) in [6, 6.07) is 9.63. The second kappa shape index (κ2) is 11.6. The molecule has 41 heavy (non-hydrogen) atoms. The molecular formula is C30H30ClN7O3. The van der Waals surface area contributed by atoms with Gasteiger partial charge in [-0.15, -0.1) is 0 Å². The number of pyridine rings is 1. The lowest BCUT2D eigenvalue weighted by molar-refractivity contribution is -0.117. The van der Waals surface area contributed by atoms with Crippen LogP contribution in [-0.4, -0.2) is 44.8 Å². The lowest BCUT2D eigenvalue weighted by atomic mass is 9.93. The maximum atomic E-state index is 13.2. The minimum atomic E-state index is -0.0832. The Kier molecular flexibility index (Phi) is 7.56. The molecule has 2 aliphatic rings. The van der Waals surface area contributed by atoms with E-state index >= 15 is 0 Å². The summed E-state index contributed by atoms with van der Waals surface area (Å²) in [7, 11) is 0. The average Bonchev–Trinajstić information content (AvgIpc) is 3.40. The summed E-state index contributed by atoms with van der Waals surface area (Å²) < 4.78 is 5.37. The first-order chi connectivity index (χ1) is 19.9. The van der Waals surface area contributed by atoms with Crippen LogP contribution in [0, 0.1) is 12.8 Å². The summed E-state index contributed by atoms with van der Waals surface area (Å²) in [5.74, 6) is 1.37. The van der Waals surface area contributed by atoms with Gasteiger partial charge in [0, 0.05) is 42.6 Å². The molecule has 0 radical (unpaired) electrons. The normalized spacial score (nSPS) is 15.0. The highest BCUT2D eigenvalue weighted by atomic mass is 35.5. The first kappa shape index (κ1) is 26.8. The van der Waals surface area contributed by atoms with Gasteiger partial charge >= 0.3 is 0 Å². The molecule has 2 amide bonds. The molecule has 6 rings (SSSR count). The van der Waals surface area contributed by atoms with Crippen molar-refractivity contribution in [2.75, 3.05) is 29.0 Å². The zero-order valence-corrected chi connectivity index (χ0v) is 23.4. The van der Waals surface area contributed by atoms with Crippen LogP contribution in [0.4, 0.5) is 28.8 Å². The van der Waals surface area contributed by atoms with E-state index in [2.05, 4.69) is 30.9 Å². The van der Waals surface area contributed by atoms with Gasteiger partial charge in [-0.3, -0.25) is 14.6 Å². The van der Waals surface area contributed by atoms with Crippen LogP contribution < -0.4 is 16.0 Å². The van der Waals surface area contributed by atoms with E-state index in [-0.39, 0.29) is 17.7 Å². The fourth-order valence-electron chi connectivity index (χ4n) is 5.29. The molecular weight excluding hydrogens is 542 g/mol. The van der Waals surface area contributed by atoms with Crippen molar-refractivity contribution in [1.29, 1.82) is 0 Å². The van der Waals surface area contributed by atoms with Gasteiger partial charge < -0.3 is 25.3 Å². The number of anilines is 5. The zero-order chi connectivity index (χ0) is 28.3. The van der Waals surface area contributed by atoms with Crippen LogP contribution in [0.5, 0.6) is 0 Å². The number of halogens is 1. The smallest absolute Gasteiger partial charge is 0.289 e. The summed E-state index contributed by atoms with van der Waals surface area (Å²) in [5.41, 5.74) is 5.23. The molecule has 10 nitrogen and oxygen atoms in total. The SMILES string of the molecule is Cc1ccoc1C(=O)N1CCC(CC(=O)Nc2ccc3cc2CCc2cncc(c2)Nc2ncc(Cl)c(n2)N3)CC1. The van der Waals surface area contributed by atoms with Crippen molar-refractivity contribution in [3.05, 3.63) is 82.7 Å². The van der Waals surface area contributed by atoms with E-state index in [1.54, 1.807) is 24.7 Å². The number of aromatic nitrogens is 3. The Hall–Kier alpha value is -4.44. The van der Waals surface area contributed by atoms with Gasteiger partial charge in [0.25, 0.3) is 5.91 Å². The highest BCUT2D eigenvalue weighted by molar-refractivity contribution is 6.32. The number of benzene rings is 1. The van der Waals surface area contributed by atoms with Crippen LogP contribution in [0.2, 0.25) is 5.02 Å². The van der Waals surface area contributed by atoms with E-state index in [0.717, 1.165) is 53.0 Å². The highest BCUT2D eigenvalue weighted by Crippen LogP contribution is 2.30. The van der Waals surface area contributed by atoms with Gasteiger partial charge in [-0.2, -0.15) is 4.98 Å². The second-order valence-electron chi connectivity index (χ2n) is 10.5. The molecule has 0 spiro atoms. The number of carbonyl (C=O) groups excluding carboxylic acids is 2. The van der Waals surface area contributed by atoms with Gasteiger partial charge in [0.1, 0.15) is 5.02 Å². The molecule has 0 unspecified atom stereocenters. The number of fused-ring (bicyclic) bond motifs is 6. The lowest BCUT2D eigenvalue weighted by Crippen LogP contribution is -2.39. The number of rotatable bonds is 4. The number of carbonyl (C=O) groups is 2. The van der Waals surface area contributed by atoms with Crippen molar-refractivity contribution in [3.63, 3.8) is 0 Å². The van der Waals surface area contributed by atoms with Gasteiger partial charge in [-0.25, -0.2) is 4.98 Å². The molecule has 11 heteroatoms. The fourth-order valence-corrected chi connectivity index (χ4v) is 5.43. The number of aryl methyl sites for hydroxylation is 3. The van der Waals surface area contributed by atoms with Crippen LogP contribution in [-0.2, 0) is 17.6 Å². The Bertz CT molecular complexity index is 1600. The van der Waals surface area contributed by atoms with E-state index in [1.165, 1.54) is 0 Å². The Morgan fingerprint density at radius 2 is 1.93 bits per heavy atom. The van der Waals surface area contributed by atoms with Crippen LogP contribution in [0.25, 0.3) is 0 Å². The Morgan fingerprint density at radius 1 is 1.07 bits per heavy atom. The maximum Gasteiger partial charge on any atom is 0.289 e. The van der Waals surface area contributed by atoms with Crippen LogP contribution in [0.3, 0.4) is 0 Å². The summed E-state index contributed by atoms with van der Waals surface area (Å²) >= 11 is 6.37. The molecule has 1 fully saturated rings. The molecule has 1 saturated heterocycles. The van der Waals surface area contributed by atoms with Crippen molar-refractivity contribution < 1.29 is 14.0 Å². The third-order valence-corrected chi connectivity index (χ3v) is 7.83. The van der Waals surface area contributed by atoms with E-state index in [4.69, 9.17) is 16.0 Å². The first-order valence-corrected chi connectivity index (χ1v) is 14.1. The summed E-state index contributed by atoms with van der Waals surface area (Å²) in [6.07, 6.45) is 10.0. The number of likely N-dealkylation sites (tertiary alicyclic amines) is 1. The molecule has 1 aromatic carbocycles. The summed E-state index contributed by atoms with van der Waals surface area (Å²) in [6.45, 7) is 3.09. The van der Waals surface area contributed by atoms with Crippen LogP contribution >= 0.6 is 11.6 Å². The Balaban J connectivity index is 1.14. The van der Waals surface area contributed by atoms with Crippen molar-refractivity contribution in [2.45, 2.75) is 39.0 Å². The van der Waals surface area contributed by atoms with E-state index in [1.807, 2.05) is 42.3 Å². The van der Waals surface area contributed by atoms with E-state index < -0.39 is 0 Å². The predicted octanol–water partition coefficient (Wildman–Crippen LogP) is 5.89. The van der Waals surface area contributed by atoms with Crippen molar-refractivity contribution >= 4 is 52.2 Å². The quantitative estimate of drug-likeness (QED) is 0.277. The van der Waals surface area contributed by atoms with Crippen molar-refractivity contribution in [3.8, 4) is 0 Å². The fraction of sp³-hybridized carbons (Fsp3) is 0.300. The number of nitrogens with zero attached hydrogens (tertiary/aromatic N) is 4. The number of hydrogen-bond acceptors (Lipinski definition) is 8. The third kappa shape index (κ3) is 6.17. The molecule has 5 heterocycles. The van der Waals surface area contributed by atoms with Gasteiger partial charge in [0.2, 0.25) is 11.9 Å². The molecule has 4 aromatic rings. The summed E-state index contributed by atoms with van der Waals surface area (Å²) in [5, 5.41) is 10.00. The van der Waals surface area contributed by atoms with E-state index in [0.29, 0.717) is 48.5 Å². The molecule has 3 N–H and O–H groups in total. The highest BCUT2D eigenvalue weighted by Gasteiger charge is 2.27. The topological polar surface area (TPSA) is 125 Å². The zero-order valence-electron chi connectivity index (χ0n) is 22.6. The molecule has 210 valence electrons. The Morgan fingerprint density at radius 3 is 2.73 bits per heavy atom. The minimum absolute atomic E-state index is 0.0344. The number of piperidine rings is 1. The molecule has 0 atom stereocenters. The molecule has 2 aliphatic heterocycles. The molecule has 0 saturated carbocycles. The maximum absolute atomic E-state index is 13.2. The number of hydrogen-bond donors (Lipinski definition) is 3. The van der Waals surface area contributed by atoms with Crippen LogP contribution in [0.15, 0.2) is 59.6 Å². The monoisotopic (exact) mass is 571 g/mol. The molecule has 6 bridgehead atoms. The van der Waals surface area contributed by atoms with Gasteiger partial charge in [0.05, 0.1) is 24.3 Å². The minimum Gasteiger partial charge on any atom is -0.459 e. The van der Waals surface area contributed by atoms with Gasteiger partial charge in [-0.05, 0) is 80.0 Å². The molecule has 3 aromatic heterocycles. The summed E-state index contributed by atoms with van der Waals surface area (Å²) in [4.78, 5) is 40.9. The molecule has 0 aliphatic carbocycles. The van der Waals surface area contributed by atoms with Gasteiger partial charge in [-0.1, -0.05) is 11.6 Å². The first-order valence-electron chi connectivity index (χ1n) is 13.7. The number of furan rings is 1. The largest absolute Gasteiger partial charge is 0.459 e. The van der Waals surface area contributed by atoms with Gasteiger partial charge in [0.15, 0.2) is 11.6 Å². The van der Waals surface area contributed by atoms with Crippen molar-refractivity contribution in [1.82, 2.24) is 19.9 Å². The number of nitrogens with one attached hydrogen (secondary N) is 3. The Labute approximate surface area is 242 Å². The number of amides is 2. The van der Waals surface area contributed by atoms with Crippen molar-refractivity contribution in [2.24, 2.45) is 5.92 Å². The predicted molar refractivity (Wildman–Crippen MR) is 157 cm³/mol. The average molecular weight is 572 g/mol.